The van der Waals surface area contributed by atoms with Gasteiger partial charge in [-0.15, -0.1) is 0 Å². The van der Waals surface area contributed by atoms with E-state index in [9.17, 15) is 4.39 Å². The van der Waals surface area contributed by atoms with Gasteiger partial charge in [0.25, 0.3) is 0 Å². The zero-order valence-electron chi connectivity index (χ0n) is 9.06. The molecule has 1 heterocycles. The lowest BCUT2D eigenvalue weighted by atomic mass is 10.1. The lowest BCUT2D eigenvalue weighted by Gasteiger charge is -2.03. The standard InChI is InChI=1S/C13H13ClFN/c1-2-10-6-7-11(16-10)8-9-4-3-5-12(14)13(9)15/h3-7,16H,2,8H2,1H3. The molecule has 0 radical (unpaired) electrons. The van der Waals surface area contributed by atoms with Crippen LogP contribution >= 0.6 is 11.6 Å². The third-order valence-corrected chi connectivity index (χ3v) is 2.89. The van der Waals surface area contributed by atoms with Crippen LogP contribution in [0.15, 0.2) is 30.3 Å². The van der Waals surface area contributed by atoms with Crippen molar-refractivity contribution in [3.63, 3.8) is 0 Å². The van der Waals surface area contributed by atoms with E-state index in [0.717, 1.165) is 17.8 Å². The Morgan fingerprint density at radius 2 is 1.94 bits per heavy atom. The molecule has 1 nitrogen and oxygen atoms in total. The Bertz CT molecular complexity index is 490. The van der Waals surface area contributed by atoms with Crippen LogP contribution in [0.2, 0.25) is 5.02 Å². The van der Waals surface area contributed by atoms with Crippen LogP contribution in [0.25, 0.3) is 0 Å². The highest BCUT2D eigenvalue weighted by Gasteiger charge is 2.07. The first-order valence-electron chi connectivity index (χ1n) is 5.30. The summed E-state index contributed by atoms with van der Waals surface area (Å²) in [7, 11) is 0. The van der Waals surface area contributed by atoms with Crippen LogP contribution in [0.5, 0.6) is 0 Å². The first-order valence-corrected chi connectivity index (χ1v) is 5.68. The van der Waals surface area contributed by atoms with Gasteiger partial charge in [-0.2, -0.15) is 0 Å². The second-order valence-electron chi connectivity index (χ2n) is 3.75. The van der Waals surface area contributed by atoms with Gasteiger partial charge < -0.3 is 4.98 Å². The minimum atomic E-state index is -0.322. The van der Waals surface area contributed by atoms with Gasteiger partial charge in [0.1, 0.15) is 5.82 Å². The van der Waals surface area contributed by atoms with Crippen molar-refractivity contribution in [2.75, 3.05) is 0 Å². The largest absolute Gasteiger partial charge is 0.362 e. The maximum Gasteiger partial charge on any atom is 0.145 e. The highest BCUT2D eigenvalue weighted by Crippen LogP contribution is 2.20. The molecule has 1 aromatic heterocycles. The maximum atomic E-state index is 13.6. The van der Waals surface area contributed by atoms with Crippen molar-refractivity contribution >= 4 is 11.6 Å². The summed E-state index contributed by atoms with van der Waals surface area (Å²) in [6, 6.07) is 9.10. The fourth-order valence-electron chi connectivity index (χ4n) is 1.69. The molecule has 0 spiro atoms. The van der Waals surface area contributed by atoms with Gasteiger partial charge in [-0.3, -0.25) is 0 Å². The van der Waals surface area contributed by atoms with E-state index in [0.29, 0.717) is 12.0 Å². The number of aromatic nitrogens is 1. The number of halogens is 2. The van der Waals surface area contributed by atoms with E-state index in [1.807, 2.05) is 12.1 Å². The number of aromatic amines is 1. The topological polar surface area (TPSA) is 15.8 Å². The van der Waals surface area contributed by atoms with Gasteiger partial charge in [-0.1, -0.05) is 30.7 Å². The highest BCUT2D eigenvalue weighted by molar-refractivity contribution is 6.30. The molecule has 0 saturated carbocycles. The van der Waals surface area contributed by atoms with Crippen LogP contribution in [-0.4, -0.2) is 4.98 Å². The van der Waals surface area contributed by atoms with Crippen LogP contribution in [0.3, 0.4) is 0 Å². The molecule has 0 aliphatic carbocycles. The second-order valence-corrected chi connectivity index (χ2v) is 4.16. The van der Waals surface area contributed by atoms with Gasteiger partial charge in [0.2, 0.25) is 0 Å². The summed E-state index contributed by atoms with van der Waals surface area (Å²) in [5.41, 5.74) is 2.80. The molecule has 0 aliphatic heterocycles. The van der Waals surface area contributed by atoms with Crippen LogP contribution in [0, 0.1) is 5.82 Å². The maximum absolute atomic E-state index is 13.6. The van der Waals surface area contributed by atoms with Gasteiger partial charge in [0.15, 0.2) is 0 Å². The van der Waals surface area contributed by atoms with E-state index in [4.69, 9.17) is 11.6 Å². The monoisotopic (exact) mass is 237 g/mol. The Kier molecular flexibility index (Phi) is 3.30. The minimum Gasteiger partial charge on any atom is -0.362 e. The van der Waals surface area contributed by atoms with Crippen molar-refractivity contribution in [3.05, 3.63) is 58.1 Å². The quantitative estimate of drug-likeness (QED) is 0.832. The Labute approximate surface area is 99.3 Å². The number of H-pyrrole nitrogens is 1. The first kappa shape index (κ1) is 11.2. The molecule has 0 unspecified atom stereocenters. The summed E-state index contributed by atoms with van der Waals surface area (Å²) >= 11 is 5.73. The van der Waals surface area contributed by atoms with Crippen molar-refractivity contribution in [1.29, 1.82) is 0 Å². The van der Waals surface area contributed by atoms with E-state index in [1.54, 1.807) is 18.2 Å². The zero-order valence-corrected chi connectivity index (χ0v) is 9.81. The van der Waals surface area contributed by atoms with Gasteiger partial charge in [0.05, 0.1) is 5.02 Å². The van der Waals surface area contributed by atoms with Crippen molar-refractivity contribution in [2.45, 2.75) is 19.8 Å². The average molecular weight is 238 g/mol. The molecule has 2 rings (SSSR count). The summed E-state index contributed by atoms with van der Waals surface area (Å²) in [6.07, 6.45) is 1.50. The molecular weight excluding hydrogens is 225 g/mol. The Hall–Kier alpha value is -1.28. The normalized spacial score (nSPS) is 10.7. The molecule has 0 fully saturated rings. The lowest BCUT2D eigenvalue weighted by molar-refractivity contribution is 0.613. The molecule has 1 aromatic carbocycles. The predicted molar refractivity (Wildman–Crippen MR) is 64.4 cm³/mol. The smallest absolute Gasteiger partial charge is 0.145 e. The minimum absolute atomic E-state index is 0.180. The Morgan fingerprint density at radius 3 is 2.62 bits per heavy atom. The van der Waals surface area contributed by atoms with Crippen LogP contribution in [0.4, 0.5) is 4.39 Å². The zero-order chi connectivity index (χ0) is 11.5. The molecule has 0 bridgehead atoms. The predicted octanol–water partition coefficient (Wildman–Crippen LogP) is 3.96. The number of nitrogens with one attached hydrogen (secondary N) is 1. The van der Waals surface area contributed by atoms with Crippen LogP contribution in [0.1, 0.15) is 23.9 Å². The number of rotatable bonds is 3. The van der Waals surface area contributed by atoms with Gasteiger partial charge in [-0.25, -0.2) is 4.39 Å². The van der Waals surface area contributed by atoms with E-state index in [2.05, 4.69) is 11.9 Å². The highest BCUT2D eigenvalue weighted by atomic mass is 35.5. The molecule has 3 heteroatoms. The molecule has 1 N–H and O–H groups in total. The Balaban J connectivity index is 2.23. The molecule has 0 atom stereocenters. The fourth-order valence-corrected chi connectivity index (χ4v) is 1.88. The second kappa shape index (κ2) is 4.71. The molecule has 2 aromatic rings. The molecule has 0 aliphatic rings. The van der Waals surface area contributed by atoms with Crippen molar-refractivity contribution in [2.24, 2.45) is 0 Å². The third-order valence-electron chi connectivity index (χ3n) is 2.60. The molecule has 0 amide bonds. The van der Waals surface area contributed by atoms with E-state index < -0.39 is 0 Å². The van der Waals surface area contributed by atoms with Gasteiger partial charge >= 0.3 is 0 Å². The summed E-state index contributed by atoms with van der Waals surface area (Å²) in [5, 5.41) is 0.180. The fraction of sp³-hybridized carbons (Fsp3) is 0.231. The SMILES string of the molecule is CCc1ccc(Cc2cccc(Cl)c2F)[nH]1. The van der Waals surface area contributed by atoms with E-state index >= 15 is 0 Å². The van der Waals surface area contributed by atoms with Crippen molar-refractivity contribution in [3.8, 4) is 0 Å². The van der Waals surface area contributed by atoms with Gasteiger partial charge in [-0.05, 0) is 30.2 Å². The number of hydrogen-bond acceptors (Lipinski definition) is 0. The summed E-state index contributed by atoms with van der Waals surface area (Å²) in [4.78, 5) is 3.25. The number of aryl methyl sites for hydroxylation is 1. The van der Waals surface area contributed by atoms with Crippen LogP contribution < -0.4 is 0 Å². The molecule has 0 saturated heterocycles. The number of hydrogen-bond donors (Lipinski definition) is 1. The van der Waals surface area contributed by atoms with Crippen molar-refractivity contribution < 1.29 is 4.39 Å². The molecular formula is C13H13ClFN. The summed E-state index contributed by atoms with van der Waals surface area (Å²) < 4.78 is 13.6. The lowest BCUT2D eigenvalue weighted by Crippen LogP contribution is -1.94. The van der Waals surface area contributed by atoms with Crippen LogP contribution in [-0.2, 0) is 12.8 Å². The molecule has 16 heavy (non-hydrogen) atoms. The summed E-state index contributed by atoms with van der Waals surface area (Å²) in [5.74, 6) is -0.322. The third kappa shape index (κ3) is 2.27. The number of benzene rings is 1. The van der Waals surface area contributed by atoms with E-state index in [1.165, 1.54) is 0 Å². The summed E-state index contributed by atoms with van der Waals surface area (Å²) in [6.45, 7) is 2.08. The Morgan fingerprint density at radius 1 is 1.19 bits per heavy atom. The van der Waals surface area contributed by atoms with Gasteiger partial charge in [0, 0.05) is 17.8 Å². The molecule has 84 valence electrons. The van der Waals surface area contributed by atoms with E-state index in [-0.39, 0.29) is 10.8 Å². The first-order chi connectivity index (χ1) is 7.70. The van der Waals surface area contributed by atoms with Crippen molar-refractivity contribution in [1.82, 2.24) is 4.98 Å². The average Bonchev–Trinajstić information content (AvgIpc) is 2.73.